The average Bonchev–Trinajstić information content (AvgIpc) is 1.34. The Morgan fingerprint density at radius 1 is 0.434 bits per heavy atom. The number of hydrogen-bond acceptors (Lipinski definition) is 25. The third-order valence-corrected chi connectivity index (χ3v) is 22.3. The molecular formula is C61H67Cl5N20O15S5. The van der Waals surface area contributed by atoms with Gasteiger partial charge in [-0.1, -0.05) is 58.0 Å². The lowest BCUT2D eigenvalue weighted by Crippen LogP contribution is -2.43. The quantitative estimate of drug-likeness (QED) is 0.0773. The first-order chi connectivity index (χ1) is 49.3. The van der Waals surface area contributed by atoms with Crippen molar-refractivity contribution < 1.29 is 66.1 Å². The molecule has 10 aromatic rings. The highest BCUT2D eigenvalue weighted by Crippen LogP contribution is 2.30. The Hall–Kier alpha value is -9.65. The number of amides is 5. The first-order valence-corrected chi connectivity index (χ1v) is 41.7. The van der Waals surface area contributed by atoms with Crippen LogP contribution in [0.5, 0.6) is 0 Å². The number of anilines is 5. The van der Waals surface area contributed by atoms with Crippen LogP contribution in [0.25, 0.3) is 28.4 Å². The van der Waals surface area contributed by atoms with Crippen LogP contribution in [0.3, 0.4) is 0 Å². The minimum Gasteiger partial charge on any atom is -0.321 e. The molecule has 45 heteroatoms. The molecule has 106 heavy (non-hydrogen) atoms. The number of nitrogens with one attached hydrogen (secondary N) is 3. The van der Waals surface area contributed by atoms with Gasteiger partial charge >= 0.3 is 0 Å². The topological polar surface area (TPSA) is 452 Å². The van der Waals surface area contributed by atoms with Gasteiger partial charge in [0.05, 0.1) is 107 Å². The van der Waals surface area contributed by atoms with Gasteiger partial charge < -0.3 is 25.8 Å². The van der Waals surface area contributed by atoms with E-state index < -0.39 is 105 Å². The highest BCUT2D eigenvalue weighted by Gasteiger charge is 2.39. The zero-order chi connectivity index (χ0) is 79.0. The number of nitrogens with zero attached hydrogens (tertiary/aromatic N) is 17. The summed E-state index contributed by atoms with van der Waals surface area (Å²) in [7, 11) is -14.4. The fourth-order valence-electron chi connectivity index (χ4n) is 7.88. The Morgan fingerprint density at radius 3 is 1.04 bits per heavy atom. The van der Waals surface area contributed by atoms with Crippen molar-refractivity contribution in [2.75, 3.05) is 82.6 Å². The van der Waals surface area contributed by atoms with E-state index in [1.807, 2.05) is 0 Å². The summed E-state index contributed by atoms with van der Waals surface area (Å²) in [6.07, 6.45) is 28.6. The van der Waals surface area contributed by atoms with Crippen molar-refractivity contribution in [3.8, 4) is 28.4 Å². The van der Waals surface area contributed by atoms with E-state index in [-0.39, 0.29) is 42.8 Å². The smallest absolute Gasteiger partial charge is 0.245 e. The SMILES string of the molecule is CC(C(=O)N(C)c1cn(-c2cccnc2)nc1Cl)S(C)(=O)=O.CC(C(=O)Nc1cn(-c2cccnc2)nc1Cl)S(C)(=O)=O.CC(C)(C(=O)Nc1cn(-c2cccnc2)nc1Cl)S(C)(=O)=O.CN(C(=O)CS(C)(=O)=O)c1cn(-c2cccnc2)nc1Cl.CS(=O)(=O)CC(=O)Nc1cn(-c2cccnc2)nc1Cl. The van der Waals surface area contributed by atoms with E-state index in [1.54, 1.807) is 135 Å². The molecule has 10 aromatic heterocycles. The van der Waals surface area contributed by atoms with Gasteiger partial charge in [0.2, 0.25) is 29.5 Å². The highest BCUT2D eigenvalue weighted by molar-refractivity contribution is 7.93. The second-order valence-corrected chi connectivity index (χ2v) is 36.5. The molecular weight excluding hydrogens is 1590 g/mol. The fourth-order valence-corrected chi connectivity index (χ4v) is 11.5. The molecule has 2 atom stereocenters. The van der Waals surface area contributed by atoms with Gasteiger partial charge in [0.25, 0.3) is 0 Å². The predicted molar refractivity (Wildman–Crippen MR) is 402 cm³/mol. The molecule has 0 bridgehead atoms. The number of carbonyl (C=O) groups excluding carboxylic acids is 5. The van der Waals surface area contributed by atoms with Gasteiger partial charge in [0.1, 0.15) is 38.1 Å². The van der Waals surface area contributed by atoms with Gasteiger partial charge in [0, 0.05) is 76.4 Å². The Kier molecular flexibility index (Phi) is 29.0. The van der Waals surface area contributed by atoms with Gasteiger partial charge in [-0.3, -0.25) is 48.9 Å². The van der Waals surface area contributed by atoms with Crippen LogP contribution in [-0.4, -0.2) is 218 Å². The normalized spacial score (nSPS) is 12.2. The van der Waals surface area contributed by atoms with Crippen LogP contribution in [0.15, 0.2) is 154 Å². The molecule has 0 aliphatic carbocycles. The second kappa shape index (κ2) is 36.1. The van der Waals surface area contributed by atoms with E-state index in [2.05, 4.69) is 66.4 Å². The summed E-state index contributed by atoms with van der Waals surface area (Å²) in [4.78, 5) is 81.8. The van der Waals surface area contributed by atoms with Gasteiger partial charge in [0.15, 0.2) is 75.0 Å². The van der Waals surface area contributed by atoms with Crippen LogP contribution in [-0.2, 0) is 73.2 Å². The van der Waals surface area contributed by atoms with Gasteiger partial charge in [-0.05, 0) is 88.4 Å². The van der Waals surface area contributed by atoms with Crippen LogP contribution >= 0.6 is 58.0 Å². The van der Waals surface area contributed by atoms with E-state index in [0.717, 1.165) is 31.3 Å². The van der Waals surface area contributed by atoms with Crippen LogP contribution in [0.4, 0.5) is 28.4 Å². The Balaban J connectivity index is 0.000000208. The second-order valence-electron chi connectivity index (χ2n) is 23.1. The molecule has 0 spiro atoms. The Bertz CT molecular complexity index is 5370. The molecule has 0 saturated heterocycles. The lowest BCUT2D eigenvalue weighted by atomic mass is 10.2. The standard InChI is InChI=1S/2C13H15ClN4O3S.2C12H13ClN4O3S.C11H11ClN4O3S/c1-13(2,22(3,20)21)12(19)16-10-8-18(17-11(10)14)9-5-4-6-15-7-9;1-9(22(3,20)21)13(19)17(2)11-8-18(16-12(11)14)10-5-4-6-15-7-10;1-16(11(18)8-21(2,19)20)10-7-17(15-12(10)13)9-4-3-5-14-6-9;1-8(21(2,19)20)12(18)15-10-7-17(16-11(10)13)9-4-3-5-14-6-9;1-20(18,19)7-10(17)14-9-6-16(15-11(9)12)8-3-2-4-13-5-8/h4-8H,1-3H3,(H,16,19);4-9H,1-3H3;3-7H,8H2,1-2H3;3-8H,1-2H3,(H,15,18);2-6H,7H2,1H3,(H,14,17). The minimum atomic E-state index is -3.57. The van der Waals surface area contributed by atoms with E-state index in [9.17, 15) is 66.1 Å². The molecule has 0 fully saturated rings. The summed E-state index contributed by atoms with van der Waals surface area (Å²) in [6, 6.07) is 17.5. The van der Waals surface area contributed by atoms with Gasteiger partial charge in [-0.2, -0.15) is 25.5 Å². The number of sulfone groups is 5. The number of pyridine rings is 5. The van der Waals surface area contributed by atoms with Crippen molar-refractivity contribution in [3.05, 3.63) is 179 Å². The molecule has 0 radical (unpaired) electrons. The maximum atomic E-state index is 12.2. The highest BCUT2D eigenvalue weighted by atomic mass is 35.5. The van der Waals surface area contributed by atoms with Gasteiger partial charge in [-0.15, -0.1) is 0 Å². The first kappa shape index (κ1) is 85.3. The number of aromatic nitrogens is 15. The van der Waals surface area contributed by atoms with Crippen LogP contribution in [0, 0.1) is 0 Å². The van der Waals surface area contributed by atoms with E-state index in [1.165, 1.54) is 93.6 Å². The molecule has 0 saturated carbocycles. The van der Waals surface area contributed by atoms with Crippen molar-refractivity contribution in [3.63, 3.8) is 0 Å². The molecule has 0 aromatic carbocycles. The lowest BCUT2D eigenvalue weighted by molar-refractivity contribution is -0.118. The van der Waals surface area contributed by atoms with Crippen molar-refractivity contribution >= 4 is 165 Å². The largest absolute Gasteiger partial charge is 0.321 e. The summed E-state index contributed by atoms with van der Waals surface area (Å²) >= 11 is 29.9. The molecule has 10 rings (SSSR count). The Labute approximate surface area is 633 Å². The Morgan fingerprint density at radius 2 is 0.736 bits per heavy atom. The summed E-state index contributed by atoms with van der Waals surface area (Å²) in [5.41, 5.74) is 4.70. The average molecular weight is 1660 g/mol. The van der Waals surface area contributed by atoms with Gasteiger partial charge in [-0.25, -0.2) is 65.5 Å². The molecule has 566 valence electrons. The van der Waals surface area contributed by atoms with Crippen molar-refractivity contribution in [1.82, 2.24) is 73.8 Å². The van der Waals surface area contributed by atoms with Crippen LogP contribution in [0.2, 0.25) is 25.8 Å². The monoisotopic (exact) mass is 1650 g/mol. The molecule has 3 N–H and O–H groups in total. The maximum absolute atomic E-state index is 12.2. The fraction of sp³-hybridized carbons (Fsp3) is 0.262. The molecule has 10 heterocycles. The molecule has 5 amide bonds. The molecule has 2 unspecified atom stereocenters. The summed E-state index contributed by atoms with van der Waals surface area (Å²) < 4.78 is 119. The van der Waals surface area contributed by atoms with Crippen LogP contribution < -0.4 is 25.8 Å². The van der Waals surface area contributed by atoms with Crippen molar-refractivity contribution in [1.29, 1.82) is 0 Å². The third-order valence-electron chi connectivity index (χ3n) is 14.3. The number of hydrogen-bond donors (Lipinski definition) is 3. The third kappa shape index (κ3) is 24.5. The zero-order valence-electron chi connectivity index (χ0n) is 57.7. The molecule has 35 nitrogen and oxygen atoms in total. The zero-order valence-corrected chi connectivity index (χ0v) is 65.5. The summed E-state index contributed by atoms with van der Waals surface area (Å²) in [6.45, 7) is 5.31. The maximum Gasteiger partial charge on any atom is 0.245 e. The van der Waals surface area contributed by atoms with E-state index >= 15 is 0 Å². The number of halogens is 5. The number of carbonyl (C=O) groups is 5. The molecule has 0 aliphatic heterocycles. The van der Waals surface area contributed by atoms with Crippen molar-refractivity contribution in [2.24, 2.45) is 0 Å². The van der Waals surface area contributed by atoms with Crippen molar-refractivity contribution in [2.45, 2.75) is 42.9 Å². The van der Waals surface area contributed by atoms with E-state index in [0.29, 0.717) is 39.8 Å². The van der Waals surface area contributed by atoms with Crippen LogP contribution in [0.1, 0.15) is 27.7 Å². The lowest BCUT2D eigenvalue weighted by Gasteiger charge is -2.20. The first-order valence-electron chi connectivity index (χ1n) is 29.9. The summed E-state index contributed by atoms with van der Waals surface area (Å²) in [5.74, 6) is -4.35. The number of rotatable bonds is 20. The summed E-state index contributed by atoms with van der Waals surface area (Å²) in [5, 5.41) is 25.7. The minimum absolute atomic E-state index is 0.0569. The molecule has 0 aliphatic rings. The predicted octanol–water partition coefficient (Wildman–Crippen LogP) is 6.12. The van der Waals surface area contributed by atoms with E-state index in [4.69, 9.17) is 58.0 Å².